The average Bonchev–Trinajstić information content (AvgIpc) is 2.94. The summed E-state index contributed by atoms with van der Waals surface area (Å²) in [6, 6.07) is -6.10. The van der Waals surface area contributed by atoms with Crippen molar-refractivity contribution in [3.8, 4) is 0 Å². The van der Waals surface area contributed by atoms with Crippen molar-refractivity contribution in [1.29, 1.82) is 0 Å². The lowest BCUT2D eigenvalue weighted by molar-refractivity contribution is -0.150. The third-order valence-corrected chi connectivity index (χ3v) is 6.28. The van der Waals surface area contributed by atoms with Crippen LogP contribution in [-0.2, 0) is 38.4 Å². The number of rotatable bonds is 13. The van der Waals surface area contributed by atoms with Gasteiger partial charge in [-0.3, -0.25) is 38.9 Å². The number of nitrogens with zero attached hydrogens (tertiary/aromatic N) is 1. The van der Waals surface area contributed by atoms with Crippen LogP contribution >= 0.6 is 0 Å². The Morgan fingerprint density at radius 1 is 1.15 bits per heavy atom. The van der Waals surface area contributed by atoms with E-state index in [9.17, 15) is 38.4 Å². The number of carbonyl (C=O) groups excluding carboxylic acids is 8. The summed E-state index contributed by atoms with van der Waals surface area (Å²) in [7, 11) is 1.24. The fraction of sp³-hybridized carbons (Fsp3) is 0.600. The van der Waals surface area contributed by atoms with Gasteiger partial charge in [0.25, 0.3) is 11.8 Å². The third kappa shape index (κ3) is 10.5. The number of amides is 5. The maximum Gasteiger partial charge on any atom is 0.258 e. The number of nitrogens with one attached hydrogen (secondary N) is 4. The molecule has 0 saturated carbocycles. The predicted molar refractivity (Wildman–Crippen MR) is 145 cm³/mol. The number of allylic oxidation sites excluding steroid dienone is 1. The highest BCUT2D eigenvalue weighted by Crippen LogP contribution is 2.12. The molecule has 1 heterocycles. The number of Topliss-reactive ketones (excluding diaryl/α,β-unsaturated/α-hetero) is 2. The smallest absolute Gasteiger partial charge is 0.258 e. The van der Waals surface area contributed by atoms with Crippen molar-refractivity contribution in [1.82, 2.24) is 26.2 Å². The van der Waals surface area contributed by atoms with Gasteiger partial charge in [-0.05, 0) is 18.8 Å². The Labute approximate surface area is 237 Å². The highest BCUT2D eigenvalue weighted by atomic mass is 16.2. The predicted octanol–water partition coefficient (Wildman–Crippen LogP) is -4.29. The zero-order valence-corrected chi connectivity index (χ0v) is 23.4. The lowest BCUT2D eigenvalue weighted by atomic mass is 9.94. The molecule has 0 aromatic carbocycles. The zero-order valence-electron chi connectivity index (χ0n) is 23.4. The second-order valence-corrected chi connectivity index (χ2v) is 9.72. The van der Waals surface area contributed by atoms with Crippen LogP contribution in [0.25, 0.3) is 0 Å². The van der Waals surface area contributed by atoms with Gasteiger partial charge >= 0.3 is 0 Å². The zero-order chi connectivity index (χ0) is 31.3. The Bertz CT molecular complexity index is 1030. The van der Waals surface area contributed by atoms with E-state index in [0.29, 0.717) is 6.29 Å². The third-order valence-electron chi connectivity index (χ3n) is 6.28. The van der Waals surface area contributed by atoms with Crippen molar-refractivity contribution in [2.75, 3.05) is 20.1 Å². The highest BCUT2D eigenvalue weighted by molar-refractivity contribution is 6.14. The number of carbonyl (C=O) groups is 8. The quantitative estimate of drug-likeness (QED) is 0.0622. The van der Waals surface area contributed by atoms with Crippen molar-refractivity contribution in [3.63, 3.8) is 0 Å². The first-order valence-corrected chi connectivity index (χ1v) is 13.1. The Morgan fingerprint density at radius 2 is 1.80 bits per heavy atom. The molecule has 0 unspecified atom stereocenters. The summed E-state index contributed by atoms with van der Waals surface area (Å²) >= 11 is 0. The topological polar surface area (TPSA) is 266 Å². The number of aldehydes is 1. The molecule has 5 amide bonds. The second kappa shape index (κ2) is 16.9. The summed E-state index contributed by atoms with van der Waals surface area (Å²) in [5.74, 6) is -6.66. The van der Waals surface area contributed by atoms with E-state index in [2.05, 4.69) is 21.3 Å². The average molecular weight is 581 g/mol. The van der Waals surface area contributed by atoms with Crippen molar-refractivity contribution in [2.45, 2.75) is 69.9 Å². The molecular formula is C25H40N8O8. The first kappa shape index (κ1) is 35.0. The van der Waals surface area contributed by atoms with Gasteiger partial charge in [0.05, 0.1) is 18.6 Å². The van der Waals surface area contributed by atoms with Crippen LogP contribution in [0.5, 0.6) is 0 Å². The molecule has 1 aliphatic heterocycles. The molecule has 1 aliphatic rings. The minimum absolute atomic E-state index is 0.108. The van der Waals surface area contributed by atoms with Crippen LogP contribution < -0.4 is 38.5 Å². The highest BCUT2D eigenvalue weighted by Gasteiger charge is 2.42. The molecule has 228 valence electrons. The number of nitrogens with two attached hydrogens (primary N) is 3. The van der Waals surface area contributed by atoms with E-state index in [0.717, 1.165) is 4.90 Å². The molecule has 0 saturated heterocycles. The second-order valence-electron chi connectivity index (χ2n) is 9.72. The molecule has 16 heteroatoms. The Morgan fingerprint density at radius 3 is 2.34 bits per heavy atom. The molecule has 1 rings (SSSR count). The van der Waals surface area contributed by atoms with Gasteiger partial charge in [-0.15, -0.1) is 0 Å². The summed E-state index contributed by atoms with van der Waals surface area (Å²) in [6.45, 7) is 2.27. The van der Waals surface area contributed by atoms with E-state index in [-0.39, 0.29) is 32.2 Å². The molecule has 0 bridgehead atoms. The lowest BCUT2D eigenvalue weighted by Gasteiger charge is -2.33. The van der Waals surface area contributed by atoms with E-state index >= 15 is 0 Å². The van der Waals surface area contributed by atoms with Gasteiger partial charge in [0.15, 0.2) is 29.8 Å². The first-order chi connectivity index (χ1) is 19.3. The molecule has 0 aromatic heterocycles. The van der Waals surface area contributed by atoms with Crippen molar-refractivity contribution in [3.05, 3.63) is 12.2 Å². The van der Waals surface area contributed by atoms with Gasteiger partial charge in [-0.1, -0.05) is 26.0 Å². The SMILES string of the molecule is CNC(=O)[C@H](C(=O)CN)N1C/C=C\CCC(=O)N[C@@H](N[C@@H](C=O)CCC(N)=O)C(=O)N[C@@H](C(=O)[C@@H](N)C(C)C)C1=O. The molecule has 0 aliphatic carbocycles. The molecule has 0 aromatic rings. The largest absolute Gasteiger partial charge is 0.370 e. The number of primary amides is 1. The standard InChI is InChI=1S/C25H40N8O8/c1-13(2)18(28)21(38)19-25(41)33(20(15(35)11-26)23(39)29-3)10-6-4-5-7-17(37)31-22(24(40)32-19)30-14(12-34)8-9-16(27)36/h4,6,12-14,18-20,22,30H,5,7-11,26,28H2,1-3H3,(H2,27,36)(H,29,39)(H,31,37)(H,32,40)/b6-4-/t14-,18+,19+,20+,22-/m1/s1. The van der Waals surface area contributed by atoms with Crippen LogP contribution in [0.15, 0.2) is 12.2 Å². The summed E-state index contributed by atoms with van der Waals surface area (Å²) in [4.78, 5) is 102. The van der Waals surface area contributed by atoms with Gasteiger partial charge in [0.1, 0.15) is 6.29 Å². The molecule has 5 atom stereocenters. The van der Waals surface area contributed by atoms with Gasteiger partial charge in [0.2, 0.25) is 17.7 Å². The normalized spacial score (nSPS) is 21.6. The fourth-order valence-electron chi connectivity index (χ4n) is 3.84. The minimum Gasteiger partial charge on any atom is -0.370 e. The minimum atomic E-state index is -1.99. The first-order valence-electron chi connectivity index (χ1n) is 13.1. The summed E-state index contributed by atoms with van der Waals surface area (Å²) < 4.78 is 0. The number of hydrogen-bond donors (Lipinski definition) is 7. The van der Waals surface area contributed by atoms with Crippen molar-refractivity contribution < 1.29 is 38.4 Å². The lowest BCUT2D eigenvalue weighted by Crippen LogP contribution is -2.66. The van der Waals surface area contributed by atoms with E-state index in [1.165, 1.54) is 19.2 Å². The van der Waals surface area contributed by atoms with Crippen LogP contribution in [0.1, 0.15) is 39.5 Å². The Hall–Kier alpha value is -4.02. The van der Waals surface area contributed by atoms with E-state index < -0.39 is 83.9 Å². The van der Waals surface area contributed by atoms with Gasteiger partial charge in [-0.2, -0.15) is 0 Å². The molecule has 41 heavy (non-hydrogen) atoms. The maximum absolute atomic E-state index is 13.9. The molecule has 16 nitrogen and oxygen atoms in total. The monoisotopic (exact) mass is 580 g/mol. The van der Waals surface area contributed by atoms with Crippen LogP contribution in [0.3, 0.4) is 0 Å². The molecule has 0 radical (unpaired) electrons. The summed E-state index contributed by atoms with van der Waals surface area (Å²) in [5, 5.41) is 9.53. The van der Waals surface area contributed by atoms with Crippen LogP contribution in [0.2, 0.25) is 0 Å². The van der Waals surface area contributed by atoms with Gasteiger partial charge in [0, 0.05) is 26.4 Å². The fourth-order valence-corrected chi connectivity index (χ4v) is 3.84. The van der Waals surface area contributed by atoms with Gasteiger partial charge in [-0.25, -0.2) is 0 Å². The Balaban J connectivity index is 3.65. The van der Waals surface area contributed by atoms with E-state index in [4.69, 9.17) is 17.2 Å². The van der Waals surface area contributed by atoms with Crippen molar-refractivity contribution >= 4 is 47.4 Å². The maximum atomic E-state index is 13.9. The summed E-state index contributed by atoms with van der Waals surface area (Å²) in [6.07, 6.45) is 1.41. The molecule has 0 fully saturated rings. The van der Waals surface area contributed by atoms with E-state index in [1.54, 1.807) is 13.8 Å². The molecule has 10 N–H and O–H groups in total. The van der Waals surface area contributed by atoms with Crippen LogP contribution in [-0.4, -0.2) is 103 Å². The van der Waals surface area contributed by atoms with Crippen molar-refractivity contribution in [2.24, 2.45) is 23.1 Å². The Kier molecular flexibility index (Phi) is 14.5. The molecule has 0 spiro atoms. The number of hydrogen-bond acceptors (Lipinski definition) is 11. The number of ketones is 2. The molecular weight excluding hydrogens is 540 g/mol. The van der Waals surface area contributed by atoms with E-state index in [1.807, 2.05) is 0 Å². The summed E-state index contributed by atoms with van der Waals surface area (Å²) in [5.41, 5.74) is 16.7. The van der Waals surface area contributed by atoms with Gasteiger partial charge < -0.3 is 42.8 Å². The number of likely N-dealkylation sites (N-methyl/N-ethyl adjacent to an activating group) is 1. The van der Waals surface area contributed by atoms with Crippen LogP contribution in [0, 0.1) is 5.92 Å². The van der Waals surface area contributed by atoms with Crippen LogP contribution in [0.4, 0.5) is 0 Å².